The van der Waals surface area contributed by atoms with E-state index in [-0.39, 0.29) is 30.1 Å². The minimum absolute atomic E-state index is 0.119. The van der Waals surface area contributed by atoms with Crippen LogP contribution in [-0.4, -0.2) is 41.4 Å². The van der Waals surface area contributed by atoms with Crippen LogP contribution in [0.2, 0.25) is 0 Å². The van der Waals surface area contributed by atoms with Crippen molar-refractivity contribution in [1.82, 2.24) is 15.1 Å². The molecule has 1 aromatic heterocycles. The second-order valence-electron chi connectivity index (χ2n) is 7.59. The lowest BCUT2D eigenvalue weighted by Crippen LogP contribution is -2.27. The first kappa shape index (κ1) is 22.3. The molecule has 0 aliphatic heterocycles. The van der Waals surface area contributed by atoms with Crippen molar-refractivity contribution in [3.05, 3.63) is 74.8 Å². The highest BCUT2D eigenvalue weighted by Gasteiger charge is 2.28. The number of nitro benzene ring substituents is 1. The van der Waals surface area contributed by atoms with Crippen LogP contribution in [0.5, 0.6) is 11.5 Å². The third-order valence-electron chi connectivity index (χ3n) is 5.69. The lowest BCUT2D eigenvalue weighted by atomic mass is 10.1. The van der Waals surface area contributed by atoms with E-state index in [0.29, 0.717) is 29.8 Å². The Hall–Kier alpha value is -3.95. The summed E-state index contributed by atoms with van der Waals surface area (Å²) in [6, 6.07) is 9.14. The maximum atomic E-state index is 14.3. The Morgan fingerprint density at radius 1 is 1.21 bits per heavy atom. The van der Waals surface area contributed by atoms with Crippen molar-refractivity contribution in [2.75, 3.05) is 20.8 Å². The van der Waals surface area contributed by atoms with Gasteiger partial charge in [0.25, 0.3) is 11.6 Å². The minimum Gasteiger partial charge on any atom is -0.493 e. The second-order valence-corrected chi connectivity index (χ2v) is 7.59. The van der Waals surface area contributed by atoms with Crippen LogP contribution in [0, 0.1) is 15.9 Å². The standard InChI is InChI=1S/C23H23FN4O5/c1-32-20-12-14(19(28(30)31)13-21(20)33-2)10-11-25-23(29)22-15-6-5-9-17(15)27(26-22)18-8-4-3-7-16(18)24/h3-4,7-8,12-13H,5-6,9-11H2,1-2H3,(H,25,29). The van der Waals surface area contributed by atoms with Crippen LogP contribution in [0.1, 0.15) is 33.7 Å². The van der Waals surface area contributed by atoms with Crippen molar-refractivity contribution in [1.29, 1.82) is 0 Å². The zero-order chi connectivity index (χ0) is 23.5. The Balaban J connectivity index is 1.54. The first-order valence-electron chi connectivity index (χ1n) is 10.5. The Morgan fingerprint density at radius 3 is 2.64 bits per heavy atom. The highest BCUT2D eigenvalue weighted by Crippen LogP contribution is 2.34. The quantitative estimate of drug-likeness (QED) is 0.413. The molecule has 0 spiro atoms. The normalized spacial score (nSPS) is 12.3. The van der Waals surface area contributed by atoms with E-state index >= 15 is 0 Å². The smallest absolute Gasteiger partial charge is 0.276 e. The summed E-state index contributed by atoms with van der Waals surface area (Å²) < 4.78 is 26.2. The van der Waals surface area contributed by atoms with Crippen LogP contribution in [0.15, 0.2) is 36.4 Å². The number of ether oxygens (including phenoxy) is 2. The molecule has 9 nitrogen and oxygen atoms in total. The summed E-state index contributed by atoms with van der Waals surface area (Å²) in [6.07, 6.45) is 2.47. The number of amides is 1. The van der Waals surface area contributed by atoms with Crippen LogP contribution in [0.3, 0.4) is 0 Å². The first-order valence-corrected chi connectivity index (χ1v) is 10.5. The van der Waals surface area contributed by atoms with Gasteiger partial charge in [-0.2, -0.15) is 5.10 Å². The molecule has 0 radical (unpaired) electrons. The molecule has 1 N–H and O–H groups in total. The van der Waals surface area contributed by atoms with Crippen LogP contribution in [-0.2, 0) is 19.3 Å². The molecule has 2 aromatic carbocycles. The number of halogens is 1. The van der Waals surface area contributed by atoms with E-state index in [2.05, 4.69) is 10.4 Å². The maximum absolute atomic E-state index is 14.3. The lowest BCUT2D eigenvalue weighted by molar-refractivity contribution is -0.385. The molecule has 0 atom stereocenters. The number of fused-ring (bicyclic) bond motifs is 1. The number of carbonyl (C=O) groups is 1. The van der Waals surface area contributed by atoms with Gasteiger partial charge in [0.2, 0.25) is 0 Å². The minimum atomic E-state index is -0.498. The number of benzene rings is 2. The van der Waals surface area contributed by atoms with E-state index in [1.165, 1.54) is 37.1 Å². The number of para-hydroxylation sites is 1. The molecular weight excluding hydrogens is 431 g/mol. The van der Waals surface area contributed by atoms with Gasteiger partial charge in [0.05, 0.1) is 25.2 Å². The predicted octanol–water partition coefficient (Wildman–Crippen LogP) is 3.40. The predicted molar refractivity (Wildman–Crippen MR) is 118 cm³/mol. The molecule has 1 heterocycles. The molecule has 33 heavy (non-hydrogen) atoms. The van der Waals surface area contributed by atoms with E-state index in [1.54, 1.807) is 18.2 Å². The summed E-state index contributed by atoms with van der Waals surface area (Å²) in [4.78, 5) is 23.9. The average molecular weight is 454 g/mol. The molecule has 1 aliphatic rings. The van der Waals surface area contributed by atoms with Gasteiger partial charge in [-0.15, -0.1) is 0 Å². The fourth-order valence-electron chi connectivity index (χ4n) is 4.12. The highest BCUT2D eigenvalue weighted by atomic mass is 19.1. The van der Waals surface area contributed by atoms with Crippen molar-refractivity contribution in [2.24, 2.45) is 0 Å². The SMILES string of the molecule is COc1cc(CCNC(=O)c2nn(-c3ccccc3F)c3c2CCC3)c([N+](=O)[O-])cc1OC. The van der Waals surface area contributed by atoms with E-state index in [0.717, 1.165) is 17.7 Å². The number of nitro groups is 1. The molecule has 3 aromatic rings. The molecule has 0 saturated heterocycles. The van der Waals surface area contributed by atoms with Crippen molar-refractivity contribution in [3.8, 4) is 17.2 Å². The van der Waals surface area contributed by atoms with Gasteiger partial charge in [-0.3, -0.25) is 14.9 Å². The van der Waals surface area contributed by atoms with E-state index < -0.39 is 16.6 Å². The molecule has 0 bridgehead atoms. The summed E-state index contributed by atoms with van der Waals surface area (Å²) in [5.41, 5.74) is 2.49. The lowest BCUT2D eigenvalue weighted by Gasteiger charge is -2.11. The Bertz CT molecular complexity index is 1220. The van der Waals surface area contributed by atoms with Crippen LogP contribution < -0.4 is 14.8 Å². The Morgan fingerprint density at radius 2 is 1.94 bits per heavy atom. The van der Waals surface area contributed by atoms with Crippen LogP contribution in [0.25, 0.3) is 5.69 Å². The summed E-state index contributed by atoms with van der Waals surface area (Å²) in [6.45, 7) is 0.149. The van der Waals surface area contributed by atoms with E-state index in [9.17, 15) is 19.3 Å². The van der Waals surface area contributed by atoms with Gasteiger partial charge < -0.3 is 14.8 Å². The number of hydrogen-bond donors (Lipinski definition) is 1. The van der Waals surface area contributed by atoms with Gasteiger partial charge in [0.1, 0.15) is 11.5 Å². The molecule has 0 fully saturated rings. The molecule has 172 valence electrons. The number of methoxy groups -OCH3 is 2. The van der Waals surface area contributed by atoms with Crippen LogP contribution >= 0.6 is 0 Å². The summed E-state index contributed by atoms with van der Waals surface area (Å²) in [7, 11) is 2.85. The fraction of sp³-hybridized carbons (Fsp3) is 0.304. The number of nitrogens with zero attached hydrogens (tertiary/aromatic N) is 3. The number of rotatable bonds is 8. The topological polar surface area (TPSA) is 109 Å². The van der Waals surface area contributed by atoms with E-state index in [4.69, 9.17) is 9.47 Å². The third-order valence-corrected chi connectivity index (χ3v) is 5.69. The molecule has 1 aliphatic carbocycles. The fourth-order valence-corrected chi connectivity index (χ4v) is 4.12. The van der Waals surface area contributed by atoms with Crippen LogP contribution in [0.4, 0.5) is 10.1 Å². The molecular formula is C23H23FN4O5. The Labute approximate surface area is 189 Å². The van der Waals surface area contributed by atoms with Gasteiger partial charge in [0, 0.05) is 23.4 Å². The summed E-state index contributed by atoms with van der Waals surface area (Å²) in [5.74, 6) is -0.189. The zero-order valence-corrected chi connectivity index (χ0v) is 18.3. The van der Waals surface area contributed by atoms with Gasteiger partial charge >= 0.3 is 0 Å². The number of nitrogens with one attached hydrogen (secondary N) is 1. The van der Waals surface area contributed by atoms with Gasteiger partial charge in [-0.25, -0.2) is 9.07 Å². The van der Waals surface area contributed by atoms with Crippen molar-refractivity contribution in [3.63, 3.8) is 0 Å². The first-order chi connectivity index (χ1) is 15.9. The number of hydrogen-bond acceptors (Lipinski definition) is 6. The van der Waals surface area contributed by atoms with Crippen molar-refractivity contribution in [2.45, 2.75) is 25.7 Å². The average Bonchev–Trinajstić information content (AvgIpc) is 3.42. The van der Waals surface area contributed by atoms with Crippen molar-refractivity contribution >= 4 is 11.6 Å². The van der Waals surface area contributed by atoms with Gasteiger partial charge in [0.15, 0.2) is 17.2 Å². The number of aromatic nitrogens is 2. The zero-order valence-electron chi connectivity index (χ0n) is 18.3. The van der Waals surface area contributed by atoms with Crippen molar-refractivity contribution < 1.29 is 23.6 Å². The molecule has 0 saturated carbocycles. The highest BCUT2D eigenvalue weighted by molar-refractivity contribution is 5.94. The molecule has 1 amide bonds. The van der Waals surface area contributed by atoms with Gasteiger partial charge in [-0.1, -0.05) is 12.1 Å². The summed E-state index contributed by atoms with van der Waals surface area (Å²) in [5, 5.41) is 18.7. The Kier molecular flexibility index (Phi) is 6.25. The number of carbonyl (C=O) groups excluding carboxylic acids is 1. The third kappa shape index (κ3) is 4.23. The largest absolute Gasteiger partial charge is 0.493 e. The summed E-state index contributed by atoms with van der Waals surface area (Å²) >= 11 is 0. The second kappa shape index (κ2) is 9.27. The van der Waals surface area contributed by atoms with E-state index in [1.807, 2.05) is 0 Å². The van der Waals surface area contributed by atoms with Gasteiger partial charge in [-0.05, 0) is 43.9 Å². The molecule has 10 heteroatoms. The maximum Gasteiger partial charge on any atom is 0.276 e. The molecule has 4 rings (SSSR count). The molecule has 0 unspecified atom stereocenters. The monoisotopic (exact) mass is 454 g/mol.